The van der Waals surface area contributed by atoms with Crippen LogP contribution < -0.4 is 4.74 Å². The van der Waals surface area contributed by atoms with Gasteiger partial charge in [-0.15, -0.1) is 0 Å². The van der Waals surface area contributed by atoms with E-state index in [4.69, 9.17) is 4.74 Å². The van der Waals surface area contributed by atoms with Crippen LogP contribution in [0.15, 0.2) is 36.4 Å². The van der Waals surface area contributed by atoms with Crippen molar-refractivity contribution in [2.75, 3.05) is 0 Å². The lowest BCUT2D eigenvalue weighted by atomic mass is 10.0. The number of hydrogen-bond donors (Lipinski definition) is 0. The fraction of sp³-hybridized carbons (Fsp3) is 0.316. The number of ether oxygens (including phenoxy) is 1. The first-order valence-electron chi connectivity index (χ1n) is 8.03. The van der Waals surface area contributed by atoms with E-state index in [0.29, 0.717) is 5.56 Å². The number of nitro groups is 1. The number of carbonyl (C=O) groups is 1. The van der Waals surface area contributed by atoms with E-state index in [1.165, 1.54) is 17.2 Å². The van der Waals surface area contributed by atoms with E-state index in [1.807, 2.05) is 18.2 Å². The van der Waals surface area contributed by atoms with E-state index in [2.05, 4.69) is 0 Å². The first kappa shape index (κ1) is 16.2. The molecule has 5 heteroatoms. The Morgan fingerprint density at radius 3 is 2.67 bits per heavy atom. The van der Waals surface area contributed by atoms with Crippen molar-refractivity contribution in [1.29, 1.82) is 0 Å². The molecule has 0 aliphatic heterocycles. The first-order chi connectivity index (χ1) is 11.5. The molecule has 5 nitrogen and oxygen atoms in total. The van der Waals surface area contributed by atoms with Gasteiger partial charge in [0.15, 0.2) is 11.9 Å². The minimum atomic E-state index is -0.786. The number of hydrogen-bond acceptors (Lipinski definition) is 4. The number of benzene rings is 2. The fourth-order valence-electron chi connectivity index (χ4n) is 3.07. The molecule has 1 aliphatic rings. The molecule has 0 amide bonds. The molecule has 0 N–H and O–H groups in total. The van der Waals surface area contributed by atoms with Crippen LogP contribution in [0, 0.1) is 17.0 Å². The molecule has 2 aromatic carbocycles. The first-order valence-corrected chi connectivity index (χ1v) is 8.03. The SMILES string of the molecule is Cc1ccc(O[C@H](C)C(=O)c2ccc3c(c2)CCC3)c([N+](=O)[O-])c1. The predicted molar refractivity (Wildman–Crippen MR) is 90.7 cm³/mol. The molecule has 0 aromatic heterocycles. The smallest absolute Gasteiger partial charge is 0.311 e. The van der Waals surface area contributed by atoms with E-state index >= 15 is 0 Å². The van der Waals surface area contributed by atoms with Gasteiger partial charge in [0.05, 0.1) is 4.92 Å². The van der Waals surface area contributed by atoms with Crippen LogP contribution in [0.1, 0.15) is 40.4 Å². The number of fused-ring (bicyclic) bond motifs is 1. The fourth-order valence-corrected chi connectivity index (χ4v) is 3.07. The molecule has 0 unspecified atom stereocenters. The van der Waals surface area contributed by atoms with Gasteiger partial charge in [-0.25, -0.2) is 0 Å². The van der Waals surface area contributed by atoms with Crippen molar-refractivity contribution >= 4 is 11.5 Å². The summed E-state index contributed by atoms with van der Waals surface area (Å²) in [4.78, 5) is 23.3. The van der Waals surface area contributed by atoms with Crippen molar-refractivity contribution in [2.45, 2.75) is 39.2 Å². The maximum Gasteiger partial charge on any atom is 0.311 e. The van der Waals surface area contributed by atoms with E-state index in [-0.39, 0.29) is 17.2 Å². The minimum absolute atomic E-state index is 0.118. The molecule has 0 saturated carbocycles. The van der Waals surface area contributed by atoms with Crippen molar-refractivity contribution in [3.8, 4) is 5.75 Å². The lowest BCUT2D eigenvalue weighted by Crippen LogP contribution is -2.24. The summed E-state index contributed by atoms with van der Waals surface area (Å²) < 4.78 is 5.61. The molecule has 24 heavy (non-hydrogen) atoms. The maximum absolute atomic E-state index is 12.6. The quantitative estimate of drug-likeness (QED) is 0.472. The third-order valence-corrected chi connectivity index (χ3v) is 4.37. The van der Waals surface area contributed by atoms with Gasteiger partial charge in [0, 0.05) is 11.6 Å². The maximum atomic E-state index is 12.6. The van der Waals surface area contributed by atoms with Gasteiger partial charge in [0.2, 0.25) is 5.78 Å². The monoisotopic (exact) mass is 325 g/mol. The van der Waals surface area contributed by atoms with Crippen molar-refractivity contribution in [3.05, 3.63) is 68.8 Å². The number of ketones is 1. The molecule has 2 aromatic rings. The van der Waals surface area contributed by atoms with E-state index in [1.54, 1.807) is 26.0 Å². The summed E-state index contributed by atoms with van der Waals surface area (Å²) in [5.41, 5.74) is 3.76. The molecule has 0 bridgehead atoms. The Kier molecular flexibility index (Phi) is 4.34. The topological polar surface area (TPSA) is 69.4 Å². The zero-order chi connectivity index (χ0) is 17.3. The summed E-state index contributed by atoms with van der Waals surface area (Å²) in [6.45, 7) is 3.40. The number of rotatable bonds is 5. The lowest BCUT2D eigenvalue weighted by Gasteiger charge is -2.14. The van der Waals surface area contributed by atoms with Crippen molar-refractivity contribution in [2.24, 2.45) is 0 Å². The van der Waals surface area contributed by atoms with Crippen LogP contribution in [-0.2, 0) is 12.8 Å². The average molecular weight is 325 g/mol. The highest BCUT2D eigenvalue weighted by molar-refractivity contribution is 5.99. The van der Waals surface area contributed by atoms with Crippen LogP contribution in [-0.4, -0.2) is 16.8 Å². The Bertz CT molecular complexity index is 813. The molecule has 124 valence electrons. The summed E-state index contributed by atoms with van der Waals surface area (Å²) >= 11 is 0. The second-order valence-electron chi connectivity index (χ2n) is 6.19. The number of nitrogens with zero attached hydrogens (tertiary/aromatic N) is 1. The van der Waals surface area contributed by atoms with E-state index in [9.17, 15) is 14.9 Å². The Labute approximate surface area is 140 Å². The summed E-state index contributed by atoms with van der Waals surface area (Å²) in [6, 6.07) is 10.5. The molecule has 0 heterocycles. The molecular formula is C19H19NO4. The molecule has 0 radical (unpaired) electrons. The van der Waals surface area contributed by atoms with Gasteiger partial charge in [-0.05, 0) is 61.9 Å². The predicted octanol–water partition coefficient (Wildman–Crippen LogP) is 4.04. The number of carbonyl (C=O) groups excluding carboxylic acids is 1. The van der Waals surface area contributed by atoms with Gasteiger partial charge in [-0.2, -0.15) is 0 Å². The molecule has 0 spiro atoms. The van der Waals surface area contributed by atoms with Gasteiger partial charge < -0.3 is 4.74 Å². The van der Waals surface area contributed by atoms with Crippen molar-refractivity contribution in [1.82, 2.24) is 0 Å². The van der Waals surface area contributed by atoms with Crippen LogP contribution in [0.3, 0.4) is 0 Å². The third kappa shape index (κ3) is 3.15. The minimum Gasteiger partial charge on any atom is -0.475 e. The molecule has 0 saturated heterocycles. The second-order valence-corrected chi connectivity index (χ2v) is 6.19. The van der Waals surface area contributed by atoms with Crippen LogP contribution in [0.25, 0.3) is 0 Å². The molecule has 1 aliphatic carbocycles. The Balaban J connectivity index is 1.81. The van der Waals surface area contributed by atoms with Crippen LogP contribution >= 0.6 is 0 Å². The number of Topliss-reactive ketones (excluding diaryl/α,β-unsaturated/α-hetero) is 1. The summed E-state index contributed by atoms with van der Waals surface area (Å²) in [5.74, 6) is -0.0489. The van der Waals surface area contributed by atoms with Crippen molar-refractivity contribution in [3.63, 3.8) is 0 Å². The van der Waals surface area contributed by atoms with Gasteiger partial charge >= 0.3 is 5.69 Å². The van der Waals surface area contributed by atoms with Crippen LogP contribution in [0.4, 0.5) is 5.69 Å². The Morgan fingerprint density at radius 1 is 1.17 bits per heavy atom. The van der Waals surface area contributed by atoms with Crippen LogP contribution in [0.5, 0.6) is 5.75 Å². The summed E-state index contributed by atoms with van der Waals surface area (Å²) in [6.07, 6.45) is 2.39. The van der Waals surface area contributed by atoms with Gasteiger partial charge in [-0.1, -0.05) is 18.2 Å². The Hall–Kier alpha value is -2.69. The van der Waals surface area contributed by atoms with Gasteiger partial charge in [0.1, 0.15) is 0 Å². The summed E-state index contributed by atoms with van der Waals surface area (Å²) in [7, 11) is 0. The second kappa shape index (κ2) is 6.43. The normalized spacial score (nSPS) is 14.1. The van der Waals surface area contributed by atoms with Crippen LogP contribution in [0.2, 0.25) is 0 Å². The molecule has 1 atom stereocenters. The average Bonchev–Trinajstić information content (AvgIpc) is 3.03. The number of aryl methyl sites for hydroxylation is 3. The van der Waals surface area contributed by atoms with Gasteiger partial charge in [-0.3, -0.25) is 14.9 Å². The molecular weight excluding hydrogens is 306 g/mol. The largest absolute Gasteiger partial charge is 0.475 e. The van der Waals surface area contributed by atoms with E-state index in [0.717, 1.165) is 24.8 Å². The highest BCUT2D eigenvalue weighted by atomic mass is 16.6. The zero-order valence-electron chi connectivity index (χ0n) is 13.7. The standard InChI is InChI=1S/C19H19NO4/c1-12-6-9-18(17(10-12)20(22)23)24-13(2)19(21)16-8-7-14-4-3-5-15(14)11-16/h6-11,13H,3-5H2,1-2H3/t13-/m1/s1. The third-order valence-electron chi connectivity index (χ3n) is 4.37. The Morgan fingerprint density at radius 2 is 1.92 bits per heavy atom. The molecule has 0 fully saturated rings. The lowest BCUT2D eigenvalue weighted by molar-refractivity contribution is -0.386. The molecule has 3 rings (SSSR count). The van der Waals surface area contributed by atoms with Gasteiger partial charge in [0.25, 0.3) is 0 Å². The van der Waals surface area contributed by atoms with E-state index < -0.39 is 11.0 Å². The highest BCUT2D eigenvalue weighted by Gasteiger charge is 2.23. The van der Waals surface area contributed by atoms with Crippen molar-refractivity contribution < 1.29 is 14.5 Å². The zero-order valence-corrected chi connectivity index (χ0v) is 13.7. The highest BCUT2D eigenvalue weighted by Crippen LogP contribution is 2.29. The number of nitro benzene ring substituents is 1. The summed E-state index contributed by atoms with van der Waals surface area (Å²) in [5, 5.41) is 11.2.